The minimum atomic E-state index is -3.68. The van der Waals surface area contributed by atoms with Gasteiger partial charge >= 0.3 is 0 Å². The molecule has 0 fully saturated rings. The van der Waals surface area contributed by atoms with E-state index in [0.717, 1.165) is 11.2 Å². The van der Waals surface area contributed by atoms with Gasteiger partial charge in [0, 0.05) is 20.4 Å². The molecule has 0 saturated heterocycles. The van der Waals surface area contributed by atoms with Crippen LogP contribution in [0.4, 0.5) is 4.39 Å². The van der Waals surface area contributed by atoms with Gasteiger partial charge in [0.25, 0.3) is 5.91 Å². The summed E-state index contributed by atoms with van der Waals surface area (Å²) in [5.74, 6) is -1.49. The standard InChI is InChI=1S/C13H18FNO3S/c1-8(2)9-6-10(14)12(13(16)15(3)4)11(7-9)19(5,17)18/h6-8H,1-5H3. The Balaban J connectivity index is 3.68. The van der Waals surface area contributed by atoms with Gasteiger partial charge in [0.05, 0.1) is 10.5 Å². The van der Waals surface area contributed by atoms with E-state index in [9.17, 15) is 17.6 Å². The Hall–Kier alpha value is -1.43. The van der Waals surface area contributed by atoms with Crippen molar-refractivity contribution in [2.75, 3.05) is 20.4 Å². The third kappa shape index (κ3) is 3.32. The molecule has 1 rings (SSSR count). The molecule has 0 aromatic heterocycles. The number of benzene rings is 1. The summed E-state index contributed by atoms with van der Waals surface area (Å²) < 4.78 is 37.6. The van der Waals surface area contributed by atoms with E-state index < -0.39 is 27.1 Å². The predicted molar refractivity (Wildman–Crippen MR) is 71.6 cm³/mol. The SMILES string of the molecule is CC(C)c1cc(F)c(C(=O)N(C)C)c(S(C)(=O)=O)c1. The van der Waals surface area contributed by atoms with Crippen molar-refractivity contribution in [3.63, 3.8) is 0 Å². The largest absolute Gasteiger partial charge is 0.345 e. The van der Waals surface area contributed by atoms with Crippen LogP contribution in [0.5, 0.6) is 0 Å². The lowest BCUT2D eigenvalue weighted by Crippen LogP contribution is -2.25. The average molecular weight is 287 g/mol. The summed E-state index contributed by atoms with van der Waals surface area (Å²) in [4.78, 5) is 12.8. The van der Waals surface area contributed by atoms with E-state index in [1.54, 1.807) is 0 Å². The van der Waals surface area contributed by atoms with Crippen LogP contribution in [-0.4, -0.2) is 39.6 Å². The number of hydrogen-bond donors (Lipinski definition) is 0. The van der Waals surface area contributed by atoms with E-state index in [2.05, 4.69) is 0 Å². The Morgan fingerprint density at radius 2 is 1.79 bits per heavy atom. The van der Waals surface area contributed by atoms with Gasteiger partial charge in [-0.05, 0) is 23.6 Å². The smallest absolute Gasteiger partial charge is 0.257 e. The molecule has 0 spiro atoms. The number of hydrogen-bond acceptors (Lipinski definition) is 3. The maximum atomic E-state index is 14.1. The zero-order valence-electron chi connectivity index (χ0n) is 11.7. The Bertz CT molecular complexity index is 607. The number of amides is 1. The lowest BCUT2D eigenvalue weighted by Gasteiger charge is -2.16. The van der Waals surface area contributed by atoms with E-state index in [1.807, 2.05) is 13.8 Å². The van der Waals surface area contributed by atoms with Gasteiger partial charge in [0.2, 0.25) is 0 Å². The van der Waals surface area contributed by atoms with Gasteiger partial charge in [-0.3, -0.25) is 4.79 Å². The maximum absolute atomic E-state index is 14.1. The molecule has 19 heavy (non-hydrogen) atoms. The second-order valence-corrected chi connectivity index (χ2v) is 6.99. The molecule has 0 radical (unpaired) electrons. The fraction of sp³-hybridized carbons (Fsp3) is 0.462. The van der Waals surface area contributed by atoms with E-state index in [-0.39, 0.29) is 10.8 Å². The van der Waals surface area contributed by atoms with Crippen LogP contribution in [0.3, 0.4) is 0 Å². The van der Waals surface area contributed by atoms with Crippen molar-refractivity contribution in [1.29, 1.82) is 0 Å². The van der Waals surface area contributed by atoms with Gasteiger partial charge in [-0.15, -0.1) is 0 Å². The van der Waals surface area contributed by atoms with Crippen LogP contribution >= 0.6 is 0 Å². The average Bonchev–Trinajstić information content (AvgIpc) is 2.25. The minimum absolute atomic E-state index is 0.0292. The Labute approximate surface area is 113 Å². The van der Waals surface area contributed by atoms with Crippen LogP contribution in [-0.2, 0) is 9.84 Å². The van der Waals surface area contributed by atoms with Gasteiger partial charge in [0.15, 0.2) is 9.84 Å². The predicted octanol–water partition coefficient (Wildman–Crippen LogP) is 2.05. The molecule has 0 N–H and O–H groups in total. The third-order valence-electron chi connectivity index (χ3n) is 2.76. The summed E-state index contributed by atoms with van der Waals surface area (Å²) in [5.41, 5.74) is 0.158. The summed E-state index contributed by atoms with van der Waals surface area (Å²) in [6.07, 6.45) is 0.971. The molecule has 0 saturated carbocycles. The summed E-state index contributed by atoms with van der Waals surface area (Å²) in [6, 6.07) is 2.59. The maximum Gasteiger partial charge on any atom is 0.257 e. The fourth-order valence-electron chi connectivity index (χ4n) is 1.66. The normalized spacial score (nSPS) is 11.7. The summed E-state index contributed by atoms with van der Waals surface area (Å²) in [5, 5.41) is 0. The zero-order valence-corrected chi connectivity index (χ0v) is 12.5. The molecule has 0 heterocycles. The van der Waals surface area contributed by atoms with E-state index in [1.165, 1.54) is 26.2 Å². The highest BCUT2D eigenvalue weighted by atomic mass is 32.2. The van der Waals surface area contributed by atoms with E-state index in [4.69, 9.17) is 0 Å². The first kappa shape index (κ1) is 15.6. The first-order chi connectivity index (χ1) is 8.55. The topological polar surface area (TPSA) is 54.5 Å². The molecule has 0 bridgehead atoms. The first-order valence-corrected chi connectivity index (χ1v) is 7.70. The second-order valence-electron chi connectivity index (χ2n) is 5.00. The molecule has 0 aliphatic heterocycles. The van der Waals surface area contributed by atoms with Gasteiger partial charge < -0.3 is 4.90 Å². The zero-order chi connectivity index (χ0) is 15.0. The van der Waals surface area contributed by atoms with E-state index >= 15 is 0 Å². The fourth-order valence-corrected chi connectivity index (χ4v) is 2.56. The molecule has 1 aromatic carbocycles. The molecular formula is C13H18FNO3S. The van der Waals surface area contributed by atoms with Gasteiger partial charge in [-0.25, -0.2) is 12.8 Å². The molecule has 6 heteroatoms. The van der Waals surface area contributed by atoms with Crippen molar-refractivity contribution in [2.45, 2.75) is 24.7 Å². The van der Waals surface area contributed by atoms with Gasteiger partial charge in [-0.2, -0.15) is 0 Å². The highest BCUT2D eigenvalue weighted by Crippen LogP contribution is 2.26. The Kier molecular flexibility index (Phi) is 4.35. The van der Waals surface area contributed by atoms with Crippen molar-refractivity contribution in [2.24, 2.45) is 0 Å². The van der Waals surface area contributed by atoms with Crippen molar-refractivity contribution in [3.8, 4) is 0 Å². The van der Waals surface area contributed by atoms with Crippen LogP contribution in [0, 0.1) is 5.82 Å². The van der Waals surface area contributed by atoms with Crippen LogP contribution in [0.1, 0.15) is 35.7 Å². The number of halogens is 1. The van der Waals surface area contributed by atoms with Crippen LogP contribution in [0.2, 0.25) is 0 Å². The number of carbonyl (C=O) groups excluding carboxylic acids is 1. The molecule has 0 unspecified atom stereocenters. The summed E-state index contributed by atoms with van der Waals surface area (Å²) in [6.45, 7) is 3.66. The Morgan fingerprint density at radius 3 is 2.16 bits per heavy atom. The number of carbonyl (C=O) groups is 1. The van der Waals surface area contributed by atoms with Crippen LogP contribution in [0.25, 0.3) is 0 Å². The molecule has 0 atom stereocenters. The summed E-state index contributed by atoms with van der Waals surface area (Å²) in [7, 11) is -0.781. The van der Waals surface area contributed by atoms with E-state index in [0.29, 0.717) is 5.56 Å². The minimum Gasteiger partial charge on any atom is -0.345 e. The van der Waals surface area contributed by atoms with Crippen molar-refractivity contribution < 1.29 is 17.6 Å². The van der Waals surface area contributed by atoms with Crippen molar-refractivity contribution in [3.05, 3.63) is 29.1 Å². The first-order valence-electron chi connectivity index (χ1n) is 5.80. The number of nitrogens with zero attached hydrogens (tertiary/aromatic N) is 1. The lowest BCUT2D eigenvalue weighted by molar-refractivity contribution is 0.0819. The molecule has 4 nitrogen and oxygen atoms in total. The highest BCUT2D eigenvalue weighted by Gasteiger charge is 2.25. The molecule has 0 aliphatic rings. The third-order valence-corrected chi connectivity index (χ3v) is 3.88. The van der Waals surface area contributed by atoms with Crippen molar-refractivity contribution >= 4 is 15.7 Å². The van der Waals surface area contributed by atoms with Gasteiger partial charge in [-0.1, -0.05) is 13.8 Å². The van der Waals surface area contributed by atoms with Crippen molar-refractivity contribution in [1.82, 2.24) is 4.90 Å². The highest BCUT2D eigenvalue weighted by molar-refractivity contribution is 7.90. The summed E-state index contributed by atoms with van der Waals surface area (Å²) >= 11 is 0. The molecular weight excluding hydrogens is 269 g/mol. The van der Waals surface area contributed by atoms with Crippen LogP contribution < -0.4 is 0 Å². The molecule has 0 aliphatic carbocycles. The van der Waals surface area contributed by atoms with Crippen LogP contribution in [0.15, 0.2) is 17.0 Å². The second kappa shape index (κ2) is 5.28. The number of sulfone groups is 1. The monoisotopic (exact) mass is 287 g/mol. The quantitative estimate of drug-likeness (QED) is 0.855. The number of rotatable bonds is 3. The Morgan fingerprint density at radius 1 is 1.26 bits per heavy atom. The van der Waals surface area contributed by atoms with Gasteiger partial charge in [0.1, 0.15) is 5.82 Å². The molecule has 1 amide bonds. The molecule has 106 valence electrons. The lowest BCUT2D eigenvalue weighted by atomic mass is 10.0. The molecule has 1 aromatic rings.